The average Bonchev–Trinajstić information content (AvgIpc) is 3.08. The Hall–Kier alpha value is -1.53. The number of rotatable bonds is 3. The number of nitrogens with zero attached hydrogens (tertiary/aromatic N) is 4. The van der Waals surface area contributed by atoms with Crippen molar-refractivity contribution in [2.24, 2.45) is 5.92 Å². The molecule has 3 heterocycles. The second-order valence-electron chi connectivity index (χ2n) is 7.00. The highest BCUT2D eigenvalue weighted by molar-refractivity contribution is 7.20. The molecule has 24 heavy (non-hydrogen) atoms. The molecule has 1 fully saturated rings. The highest BCUT2D eigenvalue weighted by Gasteiger charge is 2.36. The number of likely N-dealkylation sites (N-methyl/N-ethyl adjacent to an activating group) is 1. The van der Waals surface area contributed by atoms with Gasteiger partial charge in [0.2, 0.25) is 0 Å². The van der Waals surface area contributed by atoms with Crippen LogP contribution in [-0.4, -0.2) is 58.9 Å². The Morgan fingerprint density at radius 1 is 1.25 bits per heavy atom. The quantitative estimate of drug-likeness (QED) is 0.857. The Kier molecular flexibility index (Phi) is 4.62. The Balaban J connectivity index is 1.95. The lowest BCUT2D eigenvalue weighted by Crippen LogP contribution is -2.36. The van der Waals surface area contributed by atoms with Crippen LogP contribution in [0, 0.1) is 26.7 Å². The van der Waals surface area contributed by atoms with Crippen LogP contribution < -0.4 is 0 Å². The Bertz CT molecular complexity index is 783. The van der Waals surface area contributed by atoms with Crippen molar-refractivity contribution in [1.29, 1.82) is 0 Å². The first-order valence-electron chi connectivity index (χ1n) is 8.53. The zero-order valence-electron chi connectivity index (χ0n) is 15.4. The van der Waals surface area contributed by atoms with Gasteiger partial charge in [0.15, 0.2) is 0 Å². The van der Waals surface area contributed by atoms with Gasteiger partial charge >= 0.3 is 0 Å². The van der Waals surface area contributed by atoms with E-state index in [0.29, 0.717) is 12.0 Å². The van der Waals surface area contributed by atoms with Crippen molar-refractivity contribution in [3.63, 3.8) is 0 Å². The van der Waals surface area contributed by atoms with E-state index < -0.39 is 0 Å². The average molecular weight is 347 g/mol. The second kappa shape index (κ2) is 6.41. The van der Waals surface area contributed by atoms with Crippen LogP contribution >= 0.6 is 11.3 Å². The smallest absolute Gasteiger partial charge is 0.264 e. The third kappa shape index (κ3) is 2.82. The molecule has 0 N–H and O–H groups in total. The summed E-state index contributed by atoms with van der Waals surface area (Å²) in [5, 5.41) is 1.05. The van der Waals surface area contributed by atoms with Crippen LogP contribution in [0.15, 0.2) is 0 Å². The van der Waals surface area contributed by atoms with Crippen LogP contribution in [0.3, 0.4) is 0 Å². The van der Waals surface area contributed by atoms with Crippen LogP contribution in [0.25, 0.3) is 10.2 Å². The van der Waals surface area contributed by atoms with Crippen molar-refractivity contribution in [3.05, 3.63) is 22.0 Å². The van der Waals surface area contributed by atoms with Crippen LogP contribution in [0.2, 0.25) is 0 Å². The van der Waals surface area contributed by atoms with E-state index in [-0.39, 0.29) is 5.91 Å². The summed E-state index contributed by atoms with van der Waals surface area (Å²) in [5.74, 6) is 1.46. The second-order valence-corrected chi connectivity index (χ2v) is 8.00. The fraction of sp³-hybridized carbons (Fsp3) is 0.611. The lowest BCUT2D eigenvalue weighted by atomic mass is 10.0. The summed E-state index contributed by atoms with van der Waals surface area (Å²) in [6.45, 7) is 9.78. The molecule has 130 valence electrons. The summed E-state index contributed by atoms with van der Waals surface area (Å²) >= 11 is 1.51. The number of carbonyl (C=O) groups is 1. The van der Waals surface area contributed by atoms with E-state index in [1.807, 2.05) is 25.7 Å². The van der Waals surface area contributed by atoms with Gasteiger partial charge in [-0.15, -0.1) is 11.3 Å². The molecular weight excluding hydrogens is 320 g/mol. The third-order valence-corrected chi connectivity index (χ3v) is 6.33. The largest absolute Gasteiger partial charge is 0.336 e. The minimum Gasteiger partial charge on any atom is -0.336 e. The normalized spacial score (nSPS) is 21.2. The zero-order valence-corrected chi connectivity index (χ0v) is 16.2. The van der Waals surface area contributed by atoms with E-state index in [0.717, 1.165) is 51.7 Å². The molecule has 2 atom stereocenters. The standard InChI is InChI=1S/C18H26N4OS/c1-7-13-8-22(9-14(13)21(5)6)18(23)16-10(2)15-11(3)19-12(4)20-17(15)24-16/h13-14H,7-9H2,1-6H3/t13-,14+/m0/s1. The molecule has 1 aliphatic heterocycles. The fourth-order valence-electron chi connectivity index (χ4n) is 3.83. The van der Waals surface area contributed by atoms with E-state index in [2.05, 4.69) is 35.9 Å². The van der Waals surface area contributed by atoms with Crippen LogP contribution in [0.1, 0.15) is 40.1 Å². The van der Waals surface area contributed by atoms with Crippen molar-refractivity contribution < 1.29 is 4.79 Å². The van der Waals surface area contributed by atoms with E-state index in [9.17, 15) is 4.79 Å². The van der Waals surface area contributed by atoms with Gasteiger partial charge in [0, 0.05) is 30.2 Å². The molecule has 0 spiro atoms. The summed E-state index contributed by atoms with van der Waals surface area (Å²) in [6, 6.07) is 0.442. The van der Waals surface area contributed by atoms with Crippen LogP contribution in [0.4, 0.5) is 0 Å². The SMILES string of the molecule is CC[C@H]1CN(C(=O)c2sc3nc(C)nc(C)c3c2C)C[C@H]1N(C)C. The maximum Gasteiger partial charge on any atom is 0.264 e. The van der Waals surface area contributed by atoms with Gasteiger partial charge in [0.25, 0.3) is 5.91 Å². The van der Waals surface area contributed by atoms with Gasteiger partial charge in [-0.25, -0.2) is 9.97 Å². The molecule has 1 amide bonds. The molecule has 0 aliphatic carbocycles. The number of fused-ring (bicyclic) bond motifs is 1. The molecule has 0 radical (unpaired) electrons. The summed E-state index contributed by atoms with van der Waals surface area (Å²) in [7, 11) is 4.21. The lowest BCUT2D eigenvalue weighted by Gasteiger charge is -2.23. The van der Waals surface area contributed by atoms with Gasteiger partial charge in [-0.3, -0.25) is 4.79 Å². The van der Waals surface area contributed by atoms with E-state index in [1.54, 1.807) is 0 Å². The Morgan fingerprint density at radius 2 is 1.96 bits per heavy atom. The maximum absolute atomic E-state index is 13.1. The van der Waals surface area contributed by atoms with Crippen molar-refractivity contribution in [3.8, 4) is 0 Å². The molecule has 0 unspecified atom stereocenters. The molecule has 1 aliphatic rings. The minimum absolute atomic E-state index is 0.148. The zero-order chi connectivity index (χ0) is 17.6. The fourth-order valence-corrected chi connectivity index (χ4v) is 5.07. The van der Waals surface area contributed by atoms with Crippen molar-refractivity contribution in [1.82, 2.24) is 19.8 Å². The highest BCUT2D eigenvalue weighted by Crippen LogP contribution is 2.33. The molecule has 0 bridgehead atoms. The van der Waals surface area contributed by atoms with E-state index in [1.165, 1.54) is 11.3 Å². The number of aromatic nitrogens is 2. The first kappa shape index (κ1) is 17.3. The highest BCUT2D eigenvalue weighted by atomic mass is 32.1. The van der Waals surface area contributed by atoms with Gasteiger partial charge < -0.3 is 9.80 Å². The number of hydrogen-bond acceptors (Lipinski definition) is 5. The van der Waals surface area contributed by atoms with Gasteiger partial charge in [0.1, 0.15) is 10.7 Å². The van der Waals surface area contributed by atoms with Crippen LogP contribution in [-0.2, 0) is 0 Å². The predicted octanol–water partition coefficient (Wildman–Crippen LogP) is 3.03. The predicted molar refractivity (Wildman–Crippen MR) is 98.8 cm³/mol. The molecule has 2 aromatic heterocycles. The van der Waals surface area contributed by atoms with E-state index in [4.69, 9.17) is 0 Å². The number of likely N-dealkylation sites (tertiary alicyclic amines) is 1. The molecule has 6 heteroatoms. The third-order valence-electron chi connectivity index (χ3n) is 5.16. The van der Waals surface area contributed by atoms with Crippen molar-refractivity contribution in [2.75, 3.05) is 27.2 Å². The Morgan fingerprint density at radius 3 is 2.54 bits per heavy atom. The monoisotopic (exact) mass is 346 g/mol. The number of amides is 1. The molecule has 2 aromatic rings. The summed E-state index contributed by atoms with van der Waals surface area (Å²) in [4.78, 5) is 28.1. The van der Waals surface area contributed by atoms with Gasteiger partial charge in [-0.2, -0.15) is 0 Å². The number of hydrogen-bond donors (Lipinski definition) is 0. The molecule has 1 saturated heterocycles. The van der Waals surface area contributed by atoms with Crippen molar-refractivity contribution in [2.45, 2.75) is 40.2 Å². The summed E-state index contributed by atoms with van der Waals surface area (Å²) in [5.41, 5.74) is 1.99. The topological polar surface area (TPSA) is 49.3 Å². The first-order chi connectivity index (χ1) is 11.3. The van der Waals surface area contributed by atoms with Gasteiger partial charge in [0.05, 0.1) is 4.88 Å². The maximum atomic E-state index is 13.1. The molecule has 0 aromatic carbocycles. The van der Waals surface area contributed by atoms with Crippen molar-refractivity contribution >= 4 is 27.5 Å². The number of carbonyl (C=O) groups excluding carboxylic acids is 1. The number of aryl methyl sites for hydroxylation is 3. The number of thiophene rings is 1. The summed E-state index contributed by atoms with van der Waals surface area (Å²) < 4.78 is 0. The van der Waals surface area contributed by atoms with Gasteiger partial charge in [-0.05, 0) is 46.3 Å². The van der Waals surface area contributed by atoms with Crippen LogP contribution in [0.5, 0.6) is 0 Å². The molecule has 5 nitrogen and oxygen atoms in total. The van der Waals surface area contributed by atoms with E-state index >= 15 is 0 Å². The Labute approximate surface area is 147 Å². The lowest BCUT2D eigenvalue weighted by molar-refractivity contribution is 0.0785. The molecule has 0 saturated carbocycles. The molecular formula is C18H26N4OS. The molecule has 3 rings (SSSR count). The summed E-state index contributed by atoms with van der Waals surface area (Å²) in [6.07, 6.45) is 1.10. The van der Waals surface area contributed by atoms with Gasteiger partial charge in [-0.1, -0.05) is 13.3 Å². The minimum atomic E-state index is 0.148. The first-order valence-corrected chi connectivity index (χ1v) is 9.35.